The van der Waals surface area contributed by atoms with Crippen molar-refractivity contribution in [2.45, 2.75) is 32.5 Å². The molecule has 0 fully saturated rings. The van der Waals surface area contributed by atoms with Crippen LogP contribution in [0.1, 0.15) is 32.4 Å². The molecular formula is C13H18N4O3. The molecule has 0 spiro atoms. The zero-order valence-corrected chi connectivity index (χ0v) is 11.7. The third kappa shape index (κ3) is 3.67. The molecule has 2 aromatic heterocycles. The summed E-state index contributed by atoms with van der Waals surface area (Å²) in [6.07, 6.45) is 1.75. The monoisotopic (exact) mass is 278 g/mol. The van der Waals surface area contributed by atoms with Crippen LogP contribution in [0.3, 0.4) is 0 Å². The van der Waals surface area contributed by atoms with Crippen molar-refractivity contribution in [2.24, 2.45) is 0 Å². The van der Waals surface area contributed by atoms with E-state index < -0.39 is 17.8 Å². The van der Waals surface area contributed by atoms with E-state index >= 15 is 0 Å². The Morgan fingerprint density at radius 3 is 2.95 bits per heavy atom. The molecule has 20 heavy (non-hydrogen) atoms. The highest BCUT2D eigenvalue weighted by Gasteiger charge is 2.17. The quantitative estimate of drug-likeness (QED) is 0.790. The molecule has 0 radical (unpaired) electrons. The molecule has 0 saturated heterocycles. The molecule has 3 N–H and O–H groups in total. The van der Waals surface area contributed by atoms with E-state index in [4.69, 9.17) is 4.74 Å². The molecule has 0 aliphatic heterocycles. The predicted octanol–water partition coefficient (Wildman–Crippen LogP) is 1.52. The van der Waals surface area contributed by atoms with E-state index in [0.717, 1.165) is 5.39 Å². The number of ether oxygens (including phenoxy) is 1. The number of carbonyl (C=O) groups is 1. The fraction of sp³-hybridized carbons (Fsp3) is 0.462. The van der Waals surface area contributed by atoms with Gasteiger partial charge in [-0.2, -0.15) is 5.10 Å². The Balaban J connectivity index is 1.94. The van der Waals surface area contributed by atoms with Gasteiger partial charge in [0.15, 0.2) is 5.65 Å². The van der Waals surface area contributed by atoms with Crippen molar-refractivity contribution in [2.75, 3.05) is 6.54 Å². The van der Waals surface area contributed by atoms with Gasteiger partial charge >= 0.3 is 6.09 Å². The highest BCUT2D eigenvalue weighted by molar-refractivity contribution is 5.74. The lowest BCUT2D eigenvalue weighted by Crippen LogP contribution is -2.34. The van der Waals surface area contributed by atoms with Crippen molar-refractivity contribution in [3.63, 3.8) is 0 Å². The molecule has 0 aliphatic rings. The first-order chi connectivity index (χ1) is 9.35. The number of hydrogen-bond donors (Lipinski definition) is 3. The first-order valence-electron chi connectivity index (χ1n) is 6.29. The number of H-pyrrole nitrogens is 1. The summed E-state index contributed by atoms with van der Waals surface area (Å²) in [5.74, 6) is 0. The molecule has 2 rings (SSSR count). The van der Waals surface area contributed by atoms with Gasteiger partial charge in [-0.25, -0.2) is 9.78 Å². The molecule has 0 aromatic carbocycles. The minimum Gasteiger partial charge on any atom is -0.444 e. The minimum absolute atomic E-state index is 0.0555. The van der Waals surface area contributed by atoms with Crippen molar-refractivity contribution in [1.82, 2.24) is 20.5 Å². The highest BCUT2D eigenvalue weighted by Crippen LogP contribution is 2.16. The smallest absolute Gasteiger partial charge is 0.407 e. The second-order valence-corrected chi connectivity index (χ2v) is 5.48. The van der Waals surface area contributed by atoms with E-state index in [2.05, 4.69) is 20.5 Å². The van der Waals surface area contributed by atoms with E-state index in [9.17, 15) is 9.90 Å². The fourth-order valence-electron chi connectivity index (χ4n) is 1.65. The summed E-state index contributed by atoms with van der Waals surface area (Å²) in [6.45, 7) is 5.39. The third-order valence-electron chi connectivity index (χ3n) is 2.54. The van der Waals surface area contributed by atoms with E-state index in [1.807, 2.05) is 0 Å². The zero-order valence-electron chi connectivity index (χ0n) is 11.7. The van der Waals surface area contributed by atoms with Crippen molar-refractivity contribution < 1.29 is 14.6 Å². The Morgan fingerprint density at radius 2 is 2.25 bits per heavy atom. The fourth-order valence-corrected chi connectivity index (χ4v) is 1.65. The van der Waals surface area contributed by atoms with Gasteiger partial charge in [0.25, 0.3) is 0 Å². The topological polar surface area (TPSA) is 100 Å². The minimum atomic E-state index is -0.852. The van der Waals surface area contributed by atoms with Gasteiger partial charge in [-0.3, -0.25) is 5.10 Å². The number of nitrogens with zero attached hydrogens (tertiary/aromatic N) is 2. The number of carbonyl (C=O) groups excluding carboxylic acids is 1. The number of pyridine rings is 1. The summed E-state index contributed by atoms with van der Waals surface area (Å²) < 4.78 is 5.09. The summed E-state index contributed by atoms with van der Waals surface area (Å²) in [5, 5.41) is 19.9. The standard InChI is InChI=1S/C13H18N4O3/c1-13(2,3)20-12(19)15-7-10(18)8-4-9-6-16-17-11(9)14-5-8/h4-6,10,18H,7H2,1-3H3,(H,15,19)(H,14,16,17). The largest absolute Gasteiger partial charge is 0.444 e. The number of alkyl carbamates (subject to hydrolysis) is 1. The van der Waals surface area contributed by atoms with Gasteiger partial charge in [0.05, 0.1) is 18.8 Å². The van der Waals surface area contributed by atoms with Gasteiger partial charge in [0, 0.05) is 17.1 Å². The number of hydrogen-bond acceptors (Lipinski definition) is 5. The molecule has 1 amide bonds. The number of aliphatic hydroxyl groups excluding tert-OH is 1. The lowest BCUT2D eigenvalue weighted by atomic mass is 10.1. The Bertz CT molecular complexity index is 603. The number of aromatic nitrogens is 3. The van der Waals surface area contributed by atoms with Crippen LogP contribution in [0.5, 0.6) is 0 Å². The van der Waals surface area contributed by atoms with E-state index in [-0.39, 0.29) is 6.54 Å². The van der Waals surface area contributed by atoms with Crippen LogP contribution >= 0.6 is 0 Å². The molecule has 0 bridgehead atoms. The summed E-state index contributed by atoms with van der Waals surface area (Å²) in [7, 11) is 0. The van der Waals surface area contributed by atoms with Crippen LogP contribution < -0.4 is 5.32 Å². The molecule has 108 valence electrons. The molecule has 0 aliphatic carbocycles. The lowest BCUT2D eigenvalue weighted by Gasteiger charge is -2.20. The van der Waals surface area contributed by atoms with E-state index in [1.54, 1.807) is 39.2 Å². The van der Waals surface area contributed by atoms with Gasteiger partial charge in [-0.15, -0.1) is 0 Å². The molecular weight excluding hydrogens is 260 g/mol. The van der Waals surface area contributed by atoms with E-state index in [1.165, 1.54) is 0 Å². The van der Waals surface area contributed by atoms with Crippen LogP contribution in [0.2, 0.25) is 0 Å². The second kappa shape index (κ2) is 5.46. The molecule has 7 heteroatoms. The third-order valence-corrected chi connectivity index (χ3v) is 2.54. The van der Waals surface area contributed by atoms with Crippen molar-refractivity contribution in [3.05, 3.63) is 24.0 Å². The molecule has 2 heterocycles. The van der Waals surface area contributed by atoms with Crippen LogP contribution in [0.25, 0.3) is 11.0 Å². The van der Waals surface area contributed by atoms with Gasteiger partial charge in [-0.1, -0.05) is 0 Å². The van der Waals surface area contributed by atoms with Gasteiger partial charge < -0.3 is 15.2 Å². The Kier molecular flexibility index (Phi) is 3.89. The first-order valence-corrected chi connectivity index (χ1v) is 6.29. The summed E-state index contributed by atoms with van der Waals surface area (Å²) in [6, 6.07) is 1.77. The van der Waals surface area contributed by atoms with Crippen LogP contribution in [0, 0.1) is 0 Å². The number of aliphatic hydroxyl groups is 1. The van der Waals surface area contributed by atoms with Crippen molar-refractivity contribution in [1.29, 1.82) is 0 Å². The predicted molar refractivity (Wildman–Crippen MR) is 73.1 cm³/mol. The number of nitrogens with one attached hydrogen (secondary N) is 2. The van der Waals surface area contributed by atoms with Crippen molar-refractivity contribution >= 4 is 17.1 Å². The summed E-state index contributed by atoms with van der Waals surface area (Å²) in [4.78, 5) is 15.6. The average Bonchev–Trinajstić information content (AvgIpc) is 2.80. The SMILES string of the molecule is CC(C)(C)OC(=O)NCC(O)c1cnc2[nH]ncc2c1. The normalized spacial score (nSPS) is 13.2. The summed E-state index contributed by atoms with van der Waals surface area (Å²) >= 11 is 0. The molecule has 7 nitrogen and oxygen atoms in total. The number of amides is 1. The highest BCUT2D eigenvalue weighted by atomic mass is 16.6. The maximum absolute atomic E-state index is 11.5. The molecule has 0 saturated carbocycles. The Labute approximate surface area is 116 Å². The maximum Gasteiger partial charge on any atom is 0.407 e. The van der Waals surface area contributed by atoms with Gasteiger partial charge in [0.1, 0.15) is 5.60 Å². The lowest BCUT2D eigenvalue weighted by molar-refractivity contribution is 0.0491. The van der Waals surface area contributed by atoms with E-state index in [0.29, 0.717) is 11.2 Å². The Hall–Kier alpha value is -2.15. The number of aromatic amines is 1. The molecule has 2 aromatic rings. The molecule has 1 unspecified atom stereocenters. The number of rotatable bonds is 3. The van der Waals surface area contributed by atoms with Crippen molar-refractivity contribution in [3.8, 4) is 0 Å². The number of fused-ring (bicyclic) bond motifs is 1. The van der Waals surface area contributed by atoms with Gasteiger partial charge in [-0.05, 0) is 26.8 Å². The van der Waals surface area contributed by atoms with Crippen LogP contribution in [-0.2, 0) is 4.74 Å². The van der Waals surface area contributed by atoms with Crippen LogP contribution in [-0.4, -0.2) is 38.5 Å². The second-order valence-electron chi connectivity index (χ2n) is 5.48. The zero-order chi connectivity index (χ0) is 14.8. The van der Waals surface area contributed by atoms with Crippen LogP contribution in [0.4, 0.5) is 4.79 Å². The molecule has 1 atom stereocenters. The maximum atomic E-state index is 11.5. The first kappa shape index (κ1) is 14.3. The Morgan fingerprint density at radius 1 is 1.50 bits per heavy atom. The summed E-state index contributed by atoms with van der Waals surface area (Å²) in [5.41, 5.74) is 0.697. The van der Waals surface area contributed by atoms with Crippen LogP contribution in [0.15, 0.2) is 18.5 Å². The average molecular weight is 278 g/mol. The van der Waals surface area contributed by atoms with Gasteiger partial charge in [0.2, 0.25) is 0 Å².